The molecule has 1 atom stereocenters. The first-order valence-electron chi connectivity index (χ1n) is 6.96. The third-order valence-corrected chi connectivity index (χ3v) is 3.96. The molecule has 1 aliphatic heterocycles. The molecule has 0 aliphatic carbocycles. The maximum Gasteiger partial charge on any atom is 0.161 e. The summed E-state index contributed by atoms with van der Waals surface area (Å²) in [5.74, 6) is 2.32. The maximum atomic E-state index is 6.62. The molecule has 2 aromatic rings. The molecule has 3 rings (SSSR count). The van der Waals surface area contributed by atoms with E-state index in [9.17, 15) is 0 Å². The third kappa shape index (κ3) is 2.93. The monoisotopic (exact) mass is 304 g/mol. The molecule has 0 bridgehead atoms. The minimum atomic E-state index is -0.293. The Morgan fingerprint density at radius 3 is 2.62 bits per heavy atom. The van der Waals surface area contributed by atoms with Crippen LogP contribution >= 0.6 is 11.6 Å². The van der Waals surface area contributed by atoms with Gasteiger partial charge in [-0.25, -0.2) is 0 Å². The van der Waals surface area contributed by atoms with E-state index in [-0.39, 0.29) is 5.38 Å². The summed E-state index contributed by atoms with van der Waals surface area (Å²) in [6, 6.07) is 13.6. The van der Waals surface area contributed by atoms with Gasteiger partial charge < -0.3 is 14.2 Å². The van der Waals surface area contributed by atoms with Crippen LogP contribution in [0.5, 0.6) is 17.2 Å². The van der Waals surface area contributed by atoms with Gasteiger partial charge in [0.25, 0.3) is 0 Å². The number of methoxy groups -OCH3 is 1. The average Bonchev–Trinajstić information content (AvgIpc) is 2.78. The van der Waals surface area contributed by atoms with Gasteiger partial charge in [-0.05, 0) is 23.8 Å². The molecule has 0 spiro atoms. The summed E-state index contributed by atoms with van der Waals surface area (Å²) >= 11 is 6.62. The van der Waals surface area contributed by atoms with Crippen LogP contribution < -0.4 is 14.2 Å². The largest absolute Gasteiger partial charge is 0.496 e. The molecule has 3 nitrogen and oxygen atoms in total. The molecular formula is C17H17ClO3. The molecule has 0 saturated carbocycles. The number of alkyl halides is 1. The van der Waals surface area contributed by atoms with E-state index >= 15 is 0 Å². The molecule has 0 saturated heterocycles. The second-order valence-corrected chi connectivity index (χ2v) is 5.30. The summed E-state index contributed by atoms with van der Waals surface area (Å²) in [7, 11) is 1.65. The lowest BCUT2D eigenvalue weighted by atomic mass is 10.0. The van der Waals surface area contributed by atoms with Crippen LogP contribution in [-0.4, -0.2) is 20.3 Å². The number of halogens is 1. The summed E-state index contributed by atoms with van der Waals surface area (Å²) in [6.45, 7) is 1.35. The first-order valence-corrected chi connectivity index (χ1v) is 7.40. The van der Waals surface area contributed by atoms with Gasteiger partial charge in [-0.1, -0.05) is 24.3 Å². The molecule has 0 fully saturated rings. The lowest BCUT2D eigenvalue weighted by Gasteiger charge is -2.16. The predicted octanol–water partition coefficient (Wildman–Crippen LogP) is 4.18. The van der Waals surface area contributed by atoms with Crippen molar-refractivity contribution in [2.24, 2.45) is 0 Å². The molecule has 1 heterocycles. The van der Waals surface area contributed by atoms with Gasteiger partial charge in [-0.15, -0.1) is 11.6 Å². The molecule has 0 radical (unpaired) electrons. The van der Waals surface area contributed by atoms with E-state index in [1.165, 1.54) is 0 Å². The minimum absolute atomic E-state index is 0.293. The fourth-order valence-electron chi connectivity index (χ4n) is 2.39. The number of ether oxygens (including phenoxy) is 3. The van der Waals surface area contributed by atoms with E-state index in [1.54, 1.807) is 7.11 Å². The Morgan fingerprint density at radius 1 is 1.05 bits per heavy atom. The molecule has 21 heavy (non-hydrogen) atoms. The zero-order valence-electron chi connectivity index (χ0n) is 11.8. The van der Waals surface area contributed by atoms with Crippen molar-refractivity contribution in [2.45, 2.75) is 11.8 Å². The number of hydrogen-bond acceptors (Lipinski definition) is 3. The highest BCUT2D eigenvalue weighted by molar-refractivity contribution is 6.22. The highest BCUT2D eigenvalue weighted by atomic mass is 35.5. The van der Waals surface area contributed by atoms with Crippen LogP contribution in [0.4, 0.5) is 0 Å². The van der Waals surface area contributed by atoms with Crippen LogP contribution in [0.3, 0.4) is 0 Å². The van der Waals surface area contributed by atoms with Gasteiger partial charge in [0.15, 0.2) is 11.5 Å². The van der Waals surface area contributed by atoms with E-state index in [1.807, 2.05) is 42.5 Å². The van der Waals surface area contributed by atoms with Crippen LogP contribution in [0.25, 0.3) is 0 Å². The zero-order chi connectivity index (χ0) is 14.7. The number of fused-ring (bicyclic) bond motifs is 1. The number of para-hydroxylation sites is 1. The van der Waals surface area contributed by atoms with Gasteiger partial charge in [-0.2, -0.15) is 0 Å². The summed E-state index contributed by atoms with van der Waals surface area (Å²) in [5, 5.41) is -0.293. The van der Waals surface area contributed by atoms with Crippen molar-refractivity contribution >= 4 is 11.6 Å². The molecule has 2 aromatic carbocycles. The Bertz CT molecular complexity index is 627. The van der Waals surface area contributed by atoms with E-state index in [4.69, 9.17) is 25.8 Å². The van der Waals surface area contributed by atoms with E-state index in [0.29, 0.717) is 13.2 Å². The minimum Gasteiger partial charge on any atom is -0.496 e. The van der Waals surface area contributed by atoms with Crippen molar-refractivity contribution in [3.8, 4) is 17.2 Å². The Labute approximate surface area is 129 Å². The molecule has 1 aliphatic rings. The summed E-state index contributed by atoms with van der Waals surface area (Å²) in [6.07, 6.45) is 0.890. The SMILES string of the molecule is COc1ccccc1C(Cl)c1ccc2c(c1)OCCCO2. The fraction of sp³-hybridized carbons (Fsp3) is 0.294. The van der Waals surface area contributed by atoms with Gasteiger partial charge in [0.2, 0.25) is 0 Å². The highest BCUT2D eigenvalue weighted by Gasteiger charge is 2.18. The van der Waals surface area contributed by atoms with Crippen molar-refractivity contribution in [1.82, 2.24) is 0 Å². The molecule has 0 amide bonds. The van der Waals surface area contributed by atoms with Crippen molar-refractivity contribution in [1.29, 1.82) is 0 Å². The third-order valence-electron chi connectivity index (χ3n) is 3.48. The smallest absolute Gasteiger partial charge is 0.161 e. The second-order valence-electron chi connectivity index (χ2n) is 4.86. The van der Waals surface area contributed by atoms with E-state index in [2.05, 4.69) is 0 Å². The van der Waals surface area contributed by atoms with Gasteiger partial charge in [0.05, 0.1) is 25.7 Å². The molecular weight excluding hydrogens is 288 g/mol. The van der Waals surface area contributed by atoms with Gasteiger partial charge in [-0.3, -0.25) is 0 Å². The Hall–Kier alpha value is -1.87. The van der Waals surface area contributed by atoms with Crippen LogP contribution in [0.1, 0.15) is 22.9 Å². The number of hydrogen-bond donors (Lipinski definition) is 0. The first-order chi connectivity index (χ1) is 10.3. The molecule has 0 aromatic heterocycles. The van der Waals surface area contributed by atoms with Crippen molar-refractivity contribution in [2.75, 3.05) is 20.3 Å². The van der Waals surface area contributed by atoms with Crippen molar-refractivity contribution in [3.63, 3.8) is 0 Å². The van der Waals surface area contributed by atoms with Gasteiger partial charge in [0.1, 0.15) is 5.75 Å². The van der Waals surface area contributed by atoms with E-state index in [0.717, 1.165) is 34.8 Å². The Balaban J connectivity index is 1.94. The van der Waals surface area contributed by atoms with Crippen LogP contribution in [0, 0.1) is 0 Å². The standard InChI is InChI=1S/C17H17ClO3/c1-19-14-6-3-2-5-13(14)17(18)12-7-8-15-16(11-12)21-10-4-9-20-15/h2-3,5-8,11,17H,4,9-10H2,1H3. The quantitative estimate of drug-likeness (QED) is 0.796. The van der Waals surface area contributed by atoms with Gasteiger partial charge in [0, 0.05) is 12.0 Å². The van der Waals surface area contributed by atoms with Crippen LogP contribution in [0.2, 0.25) is 0 Å². The Kier molecular flexibility index (Phi) is 4.20. The average molecular weight is 305 g/mol. The molecule has 0 N–H and O–H groups in total. The summed E-state index contributed by atoms with van der Waals surface area (Å²) in [4.78, 5) is 0. The van der Waals surface area contributed by atoms with Crippen molar-refractivity contribution < 1.29 is 14.2 Å². The molecule has 110 valence electrons. The normalized spacial score (nSPS) is 15.1. The number of benzene rings is 2. The van der Waals surface area contributed by atoms with Crippen molar-refractivity contribution in [3.05, 3.63) is 53.6 Å². The fourth-order valence-corrected chi connectivity index (χ4v) is 2.71. The topological polar surface area (TPSA) is 27.7 Å². The highest BCUT2D eigenvalue weighted by Crippen LogP contribution is 2.39. The Morgan fingerprint density at radius 2 is 1.81 bits per heavy atom. The van der Waals surface area contributed by atoms with Gasteiger partial charge >= 0.3 is 0 Å². The predicted molar refractivity (Wildman–Crippen MR) is 82.7 cm³/mol. The maximum absolute atomic E-state index is 6.62. The second kappa shape index (κ2) is 6.27. The zero-order valence-corrected chi connectivity index (χ0v) is 12.6. The van der Waals surface area contributed by atoms with E-state index < -0.39 is 0 Å². The lowest BCUT2D eigenvalue weighted by molar-refractivity contribution is 0.297. The van der Waals surface area contributed by atoms with Crippen LogP contribution in [-0.2, 0) is 0 Å². The lowest BCUT2D eigenvalue weighted by Crippen LogP contribution is -1.99. The first kappa shape index (κ1) is 14.1. The molecule has 4 heteroatoms. The summed E-state index contributed by atoms with van der Waals surface area (Å²) < 4.78 is 16.7. The number of rotatable bonds is 3. The van der Waals surface area contributed by atoms with Crippen LogP contribution in [0.15, 0.2) is 42.5 Å². The molecule has 1 unspecified atom stereocenters. The summed E-state index contributed by atoms with van der Waals surface area (Å²) in [5.41, 5.74) is 1.90.